The number of rotatable bonds is 9. The lowest BCUT2D eigenvalue weighted by atomic mass is 9.90. The van der Waals surface area contributed by atoms with Crippen molar-refractivity contribution in [2.24, 2.45) is 5.92 Å². The third kappa shape index (κ3) is 5.37. The summed E-state index contributed by atoms with van der Waals surface area (Å²) in [5.74, 6) is -2.11. The van der Waals surface area contributed by atoms with Crippen LogP contribution in [0.5, 0.6) is 5.75 Å². The molecule has 0 amide bonds. The first-order valence-electron chi connectivity index (χ1n) is 11.1. The molecule has 1 heterocycles. The molecule has 1 fully saturated rings. The third-order valence-electron chi connectivity index (χ3n) is 5.75. The van der Waals surface area contributed by atoms with Gasteiger partial charge in [0.25, 0.3) is 0 Å². The van der Waals surface area contributed by atoms with E-state index in [-0.39, 0.29) is 17.4 Å². The predicted molar refractivity (Wildman–Crippen MR) is 113 cm³/mol. The van der Waals surface area contributed by atoms with Gasteiger partial charge in [0.2, 0.25) is 5.82 Å². The molecule has 30 heavy (non-hydrogen) atoms. The zero-order valence-corrected chi connectivity index (χ0v) is 17.9. The number of benzene rings is 2. The van der Waals surface area contributed by atoms with Crippen LogP contribution in [0, 0.1) is 23.4 Å². The summed E-state index contributed by atoms with van der Waals surface area (Å²) in [5, 5.41) is 0. The zero-order valence-electron chi connectivity index (χ0n) is 17.9. The van der Waals surface area contributed by atoms with E-state index in [4.69, 9.17) is 9.47 Å². The van der Waals surface area contributed by atoms with Crippen LogP contribution < -0.4 is 4.74 Å². The van der Waals surface area contributed by atoms with Gasteiger partial charge in [-0.05, 0) is 55.4 Å². The molecule has 0 N–H and O–H groups in total. The van der Waals surface area contributed by atoms with E-state index in [1.807, 2.05) is 6.92 Å². The normalized spacial score (nSPS) is 19.1. The Balaban J connectivity index is 1.70. The van der Waals surface area contributed by atoms with Gasteiger partial charge in [-0.15, -0.1) is 0 Å². The van der Waals surface area contributed by atoms with Gasteiger partial charge in [0.15, 0.2) is 11.6 Å². The van der Waals surface area contributed by atoms with E-state index < -0.39 is 17.5 Å². The van der Waals surface area contributed by atoms with Crippen molar-refractivity contribution in [1.82, 2.24) is 0 Å². The van der Waals surface area contributed by atoms with Gasteiger partial charge >= 0.3 is 0 Å². The van der Waals surface area contributed by atoms with Gasteiger partial charge in [-0.1, -0.05) is 45.2 Å². The maximum absolute atomic E-state index is 14.8. The second-order valence-electron chi connectivity index (χ2n) is 8.09. The van der Waals surface area contributed by atoms with Crippen LogP contribution in [0.4, 0.5) is 13.2 Å². The van der Waals surface area contributed by atoms with Crippen molar-refractivity contribution < 1.29 is 22.6 Å². The van der Waals surface area contributed by atoms with Crippen LogP contribution in [-0.4, -0.2) is 13.2 Å². The smallest absolute Gasteiger partial charge is 0.201 e. The molecular weight excluding hydrogens is 389 g/mol. The monoisotopic (exact) mass is 420 g/mol. The Morgan fingerprint density at radius 2 is 1.80 bits per heavy atom. The molecule has 3 rings (SSSR count). The summed E-state index contributed by atoms with van der Waals surface area (Å²) in [6, 6.07) is 7.33. The Labute approximate surface area is 177 Å². The highest BCUT2D eigenvalue weighted by atomic mass is 19.2. The van der Waals surface area contributed by atoms with E-state index in [0.717, 1.165) is 19.3 Å². The van der Waals surface area contributed by atoms with Gasteiger partial charge in [-0.2, -0.15) is 4.39 Å². The molecule has 164 valence electrons. The van der Waals surface area contributed by atoms with Gasteiger partial charge < -0.3 is 9.47 Å². The molecule has 2 atom stereocenters. The maximum Gasteiger partial charge on any atom is 0.201 e. The fourth-order valence-corrected chi connectivity index (χ4v) is 4.00. The number of ether oxygens (including phenoxy) is 2. The first-order chi connectivity index (χ1) is 14.5. The van der Waals surface area contributed by atoms with Crippen molar-refractivity contribution in [3.05, 3.63) is 53.3 Å². The second-order valence-corrected chi connectivity index (χ2v) is 8.09. The molecule has 0 saturated carbocycles. The molecule has 0 aliphatic carbocycles. The summed E-state index contributed by atoms with van der Waals surface area (Å²) in [7, 11) is 0. The summed E-state index contributed by atoms with van der Waals surface area (Å²) < 4.78 is 54.8. The van der Waals surface area contributed by atoms with E-state index in [0.29, 0.717) is 36.7 Å². The summed E-state index contributed by atoms with van der Waals surface area (Å²) in [6.45, 7) is 5.03. The summed E-state index contributed by atoms with van der Waals surface area (Å²) in [5.41, 5.74) is 0.792. The van der Waals surface area contributed by atoms with Gasteiger partial charge in [0.1, 0.15) is 5.82 Å². The minimum Gasteiger partial charge on any atom is -0.490 e. The predicted octanol–water partition coefficient (Wildman–Crippen LogP) is 7.61. The maximum atomic E-state index is 14.8. The van der Waals surface area contributed by atoms with Crippen LogP contribution in [-0.2, 0) is 4.74 Å². The van der Waals surface area contributed by atoms with Crippen molar-refractivity contribution in [3.8, 4) is 16.9 Å². The van der Waals surface area contributed by atoms with Gasteiger partial charge in [-0.3, -0.25) is 0 Å². The lowest BCUT2D eigenvalue weighted by Crippen LogP contribution is -2.21. The van der Waals surface area contributed by atoms with Crippen molar-refractivity contribution in [3.63, 3.8) is 0 Å². The van der Waals surface area contributed by atoms with Crippen LogP contribution in [0.2, 0.25) is 0 Å². The fourth-order valence-electron chi connectivity index (χ4n) is 4.00. The first-order valence-corrected chi connectivity index (χ1v) is 11.1. The van der Waals surface area contributed by atoms with Crippen molar-refractivity contribution in [2.45, 2.75) is 64.9 Å². The lowest BCUT2D eigenvalue weighted by Gasteiger charge is -2.29. The van der Waals surface area contributed by atoms with Crippen LogP contribution >= 0.6 is 0 Å². The fraction of sp³-hybridized carbons (Fsp3) is 0.520. The molecule has 1 aliphatic heterocycles. The number of unbranched alkanes of at least 4 members (excludes halogenated alkanes) is 2. The highest BCUT2D eigenvalue weighted by Gasteiger charge is 2.25. The molecule has 1 saturated heterocycles. The van der Waals surface area contributed by atoms with Gasteiger partial charge in [0, 0.05) is 11.1 Å². The Morgan fingerprint density at radius 1 is 0.967 bits per heavy atom. The SMILES string of the molecule is CCCCCC1CCC(c2ccc(-c3ccc(OCCC)c(F)c3F)cc2F)OC1. The minimum absolute atomic E-state index is 0.0161. The summed E-state index contributed by atoms with van der Waals surface area (Å²) in [6.07, 6.45) is 7.01. The standard InChI is InChI=1S/C25H31F3O2/c1-3-5-6-7-17-8-12-22(30-16-17)20-10-9-18(15-21(20)26)19-11-13-23(29-14-4-2)25(28)24(19)27/h9-11,13,15,17,22H,3-8,12,14,16H2,1-2H3. The molecular formula is C25H31F3O2. The largest absolute Gasteiger partial charge is 0.490 e. The van der Waals surface area contributed by atoms with Crippen LogP contribution in [0.3, 0.4) is 0 Å². The highest BCUT2D eigenvalue weighted by Crippen LogP contribution is 2.36. The molecule has 2 aromatic carbocycles. The zero-order chi connectivity index (χ0) is 21.5. The topological polar surface area (TPSA) is 18.5 Å². The molecule has 2 unspecified atom stereocenters. The van der Waals surface area contributed by atoms with E-state index in [2.05, 4.69) is 6.92 Å². The van der Waals surface area contributed by atoms with Crippen LogP contribution in [0.1, 0.15) is 70.5 Å². The number of hydrogen-bond acceptors (Lipinski definition) is 2. The number of halogens is 3. The summed E-state index contributed by atoms with van der Waals surface area (Å²) >= 11 is 0. The van der Waals surface area contributed by atoms with E-state index in [1.165, 1.54) is 37.5 Å². The molecule has 0 radical (unpaired) electrons. The van der Waals surface area contributed by atoms with Crippen molar-refractivity contribution in [2.75, 3.05) is 13.2 Å². The molecule has 1 aliphatic rings. The van der Waals surface area contributed by atoms with Crippen molar-refractivity contribution >= 4 is 0 Å². The van der Waals surface area contributed by atoms with E-state index in [9.17, 15) is 13.2 Å². The van der Waals surface area contributed by atoms with Gasteiger partial charge in [0.05, 0.1) is 19.3 Å². The molecule has 0 spiro atoms. The molecule has 2 aromatic rings. The number of hydrogen-bond donors (Lipinski definition) is 0. The molecule has 5 heteroatoms. The Hall–Kier alpha value is -2.01. The first kappa shape index (κ1) is 22.7. The third-order valence-corrected chi connectivity index (χ3v) is 5.75. The van der Waals surface area contributed by atoms with Crippen LogP contribution in [0.15, 0.2) is 30.3 Å². The molecule has 0 bridgehead atoms. The lowest BCUT2D eigenvalue weighted by molar-refractivity contribution is -0.0215. The molecule has 0 aromatic heterocycles. The highest BCUT2D eigenvalue weighted by molar-refractivity contribution is 5.66. The average Bonchev–Trinajstić information content (AvgIpc) is 2.75. The van der Waals surface area contributed by atoms with E-state index in [1.54, 1.807) is 12.1 Å². The average molecular weight is 421 g/mol. The van der Waals surface area contributed by atoms with E-state index >= 15 is 0 Å². The van der Waals surface area contributed by atoms with Crippen molar-refractivity contribution in [1.29, 1.82) is 0 Å². The van der Waals surface area contributed by atoms with Crippen LogP contribution in [0.25, 0.3) is 11.1 Å². The Bertz CT molecular complexity index is 829. The van der Waals surface area contributed by atoms with Gasteiger partial charge in [-0.25, -0.2) is 8.78 Å². The minimum atomic E-state index is -1.05. The molecule has 2 nitrogen and oxygen atoms in total. The summed E-state index contributed by atoms with van der Waals surface area (Å²) in [4.78, 5) is 0. The Morgan fingerprint density at radius 3 is 2.47 bits per heavy atom. The quantitative estimate of drug-likeness (QED) is 0.389. The Kier molecular flexibility index (Phi) is 8.20. The second kappa shape index (κ2) is 10.9.